The quantitative estimate of drug-likeness (QED) is 0.647. The van der Waals surface area contributed by atoms with Crippen molar-refractivity contribution in [2.75, 3.05) is 22.9 Å². The topological polar surface area (TPSA) is 130 Å². The van der Waals surface area contributed by atoms with E-state index < -0.39 is 11.8 Å². The van der Waals surface area contributed by atoms with Gasteiger partial charge in [0.1, 0.15) is 11.6 Å². The molecule has 1 fully saturated rings. The molecule has 2 aromatic rings. The molecule has 0 bridgehead atoms. The molecular formula is C22H28N6O3. The van der Waals surface area contributed by atoms with Crippen molar-refractivity contribution in [3.8, 4) is 0 Å². The van der Waals surface area contributed by atoms with Gasteiger partial charge in [0.25, 0.3) is 0 Å². The fourth-order valence-electron chi connectivity index (χ4n) is 3.77. The standard InChI is InChI=1S/C22H28N6O3/c1-4-15-9-17(11-25-20(15)23)27-21(30)22(31)28-12-13(2)5-7-18(28)16-6-8-19(24-10-16)26-14(3)29/h6,8-11,13,18H,4-5,7,12H2,1-3H3,(H2,23,25)(H,27,30)(H,24,26,29). The number of nitrogens with one attached hydrogen (secondary N) is 2. The first-order chi connectivity index (χ1) is 14.8. The molecule has 9 heteroatoms. The Labute approximate surface area is 181 Å². The van der Waals surface area contributed by atoms with Crippen molar-refractivity contribution >= 4 is 35.0 Å². The molecule has 4 N–H and O–H groups in total. The lowest BCUT2D eigenvalue weighted by Crippen LogP contribution is -2.46. The maximum atomic E-state index is 13.1. The van der Waals surface area contributed by atoms with Crippen LogP contribution in [0.3, 0.4) is 0 Å². The molecule has 9 nitrogen and oxygen atoms in total. The van der Waals surface area contributed by atoms with Crippen LogP contribution in [0.1, 0.15) is 50.8 Å². The summed E-state index contributed by atoms with van der Waals surface area (Å²) in [6.07, 6.45) is 5.42. The molecule has 3 rings (SSSR count). The number of likely N-dealkylation sites (tertiary alicyclic amines) is 1. The van der Waals surface area contributed by atoms with E-state index in [4.69, 9.17) is 5.73 Å². The molecule has 3 amide bonds. The summed E-state index contributed by atoms with van der Waals surface area (Å²) in [6.45, 7) is 5.89. The summed E-state index contributed by atoms with van der Waals surface area (Å²) in [7, 11) is 0. The van der Waals surface area contributed by atoms with Gasteiger partial charge < -0.3 is 21.3 Å². The number of pyridine rings is 2. The summed E-state index contributed by atoms with van der Waals surface area (Å²) in [5.41, 5.74) is 7.88. The smallest absolute Gasteiger partial charge is 0.313 e. The van der Waals surface area contributed by atoms with Crippen molar-refractivity contribution in [3.05, 3.63) is 41.7 Å². The number of hydrogen-bond acceptors (Lipinski definition) is 6. The Morgan fingerprint density at radius 1 is 1.16 bits per heavy atom. The second-order valence-electron chi connectivity index (χ2n) is 7.89. The summed E-state index contributed by atoms with van der Waals surface area (Å²) in [6, 6.07) is 5.00. The predicted molar refractivity (Wildman–Crippen MR) is 118 cm³/mol. The molecule has 2 atom stereocenters. The Kier molecular flexibility index (Phi) is 6.84. The molecule has 0 aromatic carbocycles. The highest BCUT2D eigenvalue weighted by Gasteiger charge is 2.34. The van der Waals surface area contributed by atoms with Crippen molar-refractivity contribution in [2.24, 2.45) is 5.92 Å². The first-order valence-electron chi connectivity index (χ1n) is 10.4. The van der Waals surface area contributed by atoms with Crippen LogP contribution in [0.2, 0.25) is 0 Å². The fourth-order valence-corrected chi connectivity index (χ4v) is 3.77. The van der Waals surface area contributed by atoms with Gasteiger partial charge in [-0.15, -0.1) is 0 Å². The first-order valence-corrected chi connectivity index (χ1v) is 10.4. The molecule has 2 unspecified atom stereocenters. The third kappa shape index (κ3) is 5.36. The van der Waals surface area contributed by atoms with Gasteiger partial charge in [0.05, 0.1) is 17.9 Å². The average molecular weight is 425 g/mol. The number of aromatic nitrogens is 2. The molecule has 1 saturated heterocycles. The molecule has 31 heavy (non-hydrogen) atoms. The number of hydrogen-bond donors (Lipinski definition) is 3. The van der Waals surface area contributed by atoms with Gasteiger partial charge in [-0.05, 0) is 48.4 Å². The SMILES string of the molecule is CCc1cc(NC(=O)C(=O)N2CC(C)CCC2c2ccc(NC(C)=O)nc2)cnc1N. The van der Waals surface area contributed by atoms with Crippen molar-refractivity contribution in [3.63, 3.8) is 0 Å². The zero-order valence-electron chi connectivity index (χ0n) is 18.0. The Balaban J connectivity index is 1.77. The first kappa shape index (κ1) is 22.2. The van der Waals surface area contributed by atoms with E-state index in [0.717, 1.165) is 24.0 Å². The maximum absolute atomic E-state index is 13.1. The van der Waals surface area contributed by atoms with Gasteiger partial charge in [0, 0.05) is 19.7 Å². The number of rotatable bonds is 4. The van der Waals surface area contributed by atoms with E-state index in [2.05, 4.69) is 27.5 Å². The molecular weight excluding hydrogens is 396 g/mol. The van der Waals surface area contributed by atoms with E-state index in [1.54, 1.807) is 23.2 Å². The largest absolute Gasteiger partial charge is 0.383 e. The van der Waals surface area contributed by atoms with E-state index in [9.17, 15) is 14.4 Å². The van der Waals surface area contributed by atoms with E-state index in [-0.39, 0.29) is 17.9 Å². The van der Waals surface area contributed by atoms with Gasteiger partial charge >= 0.3 is 11.8 Å². The number of amides is 3. The third-order valence-corrected chi connectivity index (χ3v) is 5.39. The van der Waals surface area contributed by atoms with Crippen LogP contribution in [0.5, 0.6) is 0 Å². The second kappa shape index (κ2) is 9.55. The number of piperidine rings is 1. The zero-order valence-corrected chi connectivity index (χ0v) is 18.0. The number of nitrogens with zero attached hydrogens (tertiary/aromatic N) is 3. The maximum Gasteiger partial charge on any atom is 0.313 e. The van der Waals surface area contributed by atoms with Crippen molar-refractivity contribution in [2.45, 2.75) is 46.1 Å². The lowest BCUT2D eigenvalue weighted by Gasteiger charge is -2.38. The molecule has 0 aliphatic carbocycles. The van der Waals surface area contributed by atoms with Crippen LogP contribution in [-0.2, 0) is 20.8 Å². The third-order valence-electron chi connectivity index (χ3n) is 5.39. The highest BCUT2D eigenvalue weighted by atomic mass is 16.2. The van der Waals surface area contributed by atoms with Crippen LogP contribution < -0.4 is 16.4 Å². The molecule has 3 heterocycles. The number of carbonyl (C=O) groups is 3. The van der Waals surface area contributed by atoms with Crippen molar-refractivity contribution in [1.29, 1.82) is 0 Å². The fraction of sp³-hybridized carbons (Fsp3) is 0.409. The van der Waals surface area contributed by atoms with E-state index in [1.807, 2.05) is 13.0 Å². The van der Waals surface area contributed by atoms with Crippen LogP contribution in [0.4, 0.5) is 17.3 Å². The monoisotopic (exact) mass is 424 g/mol. The molecule has 1 aliphatic heterocycles. The molecule has 2 aromatic heterocycles. The summed E-state index contributed by atoms with van der Waals surface area (Å²) in [4.78, 5) is 46.9. The normalized spacial score (nSPS) is 18.4. The van der Waals surface area contributed by atoms with E-state index >= 15 is 0 Å². The summed E-state index contributed by atoms with van der Waals surface area (Å²) in [5, 5.41) is 5.27. The van der Waals surface area contributed by atoms with Crippen LogP contribution in [0.15, 0.2) is 30.6 Å². The summed E-state index contributed by atoms with van der Waals surface area (Å²) >= 11 is 0. The minimum Gasteiger partial charge on any atom is -0.383 e. The van der Waals surface area contributed by atoms with Gasteiger partial charge in [-0.2, -0.15) is 0 Å². The molecule has 0 spiro atoms. The minimum absolute atomic E-state index is 0.205. The molecule has 164 valence electrons. The number of nitrogen functional groups attached to an aromatic ring is 1. The molecule has 0 saturated carbocycles. The lowest BCUT2D eigenvalue weighted by molar-refractivity contribution is -0.146. The minimum atomic E-state index is -0.712. The van der Waals surface area contributed by atoms with Crippen molar-refractivity contribution in [1.82, 2.24) is 14.9 Å². The van der Waals surface area contributed by atoms with Crippen LogP contribution in [-0.4, -0.2) is 39.1 Å². The van der Waals surface area contributed by atoms with E-state index in [0.29, 0.717) is 30.3 Å². The molecule has 0 radical (unpaired) electrons. The highest BCUT2D eigenvalue weighted by molar-refractivity contribution is 6.39. The Morgan fingerprint density at radius 3 is 2.58 bits per heavy atom. The summed E-state index contributed by atoms with van der Waals surface area (Å²) < 4.78 is 0. The Morgan fingerprint density at radius 2 is 1.94 bits per heavy atom. The van der Waals surface area contributed by atoms with Gasteiger partial charge in [0.15, 0.2) is 0 Å². The van der Waals surface area contributed by atoms with Crippen LogP contribution in [0, 0.1) is 5.92 Å². The van der Waals surface area contributed by atoms with Crippen LogP contribution in [0.25, 0.3) is 0 Å². The Hall–Kier alpha value is -3.49. The summed E-state index contributed by atoms with van der Waals surface area (Å²) in [5.74, 6) is -0.383. The average Bonchev–Trinajstić information content (AvgIpc) is 2.74. The number of carbonyl (C=O) groups excluding carboxylic acids is 3. The van der Waals surface area contributed by atoms with Gasteiger partial charge in [-0.25, -0.2) is 9.97 Å². The molecule has 1 aliphatic rings. The van der Waals surface area contributed by atoms with Gasteiger partial charge in [-0.1, -0.05) is 19.9 Å². The van der Waals surface area contributed by atoms with Gasteiger partial charge in [-0.3, -0.25) is 14.4 Å². The second-order valence-corrected chi connectivity index (χ2v) is 7.89. The zero-order chi connectivity index (χ0) is 22.5. The number of aryl methyl sites for hydroxylation is 1. The lowest BCUT2D eigenvalue weighted by atomic mass is 9.90. The van der Waals surface area contributed by atoms with E-state index in [1.165, 1.54) is 13.1 Å². The Bertz CT molecular complexity index is 976. The van der Waals surface area contributed by atoms with Gasteiger partial charge in [0.2, 0.25) is 5.91 Å². The predicted octanol–water partition coefficient (Wildman–Crippen LogP) is 2.52. The number of anilines is 3. The number of nitrogens with two attached hydrogens (primary N) is 1. The van der Waals surface area contributed by atoms with Crippen LogP contribution >= 0.6 is 0 Å². The van der Waals surface area contributed by atoms with Crippen molar-refractivity contribution < 1.29 is 14.4 Å². The highest BCUT2D eigenvalue weighted by Crippen LogP contribution is 2.33.